The van der Waals surface area contributed by atoms with Gasteiger partial charge in [0, 0.05) is 36.1 Å². The summed E-state index contributed by atoms with van der Waals surface area (Å²) in [6.45, 7) is 4.43. The zero-order valence-corrected chi connectivity index (χ0v) is 13.9. The van der Waals surface area contributed by atoms with Crippen LogP contribution in [0.2, 0.25) is 0 Å². The maximum absolute atomic E-state index is 4.41. The summed E-state index contributed by atoms with van der Waals surface area (Å²) in [6, 6.07) is 2.83. The average molecular weight is 317 g/mol. The quantitative estimate of drug-likeness (QED) is 0.919. The van der Waals surface area contributed by atoms with Crippen LogP contribution >= 0.6 is 11.3 Å². The molecule has 1 aliphatic carbocycles. The zero-order valence-electron chi connectivity index (χ0n) is 13.0. The van der Waals surface area contributed by atoms with E-state index in [1.807, 2.05) is 12.4 Å². The van der Waals surface area contributed by atoms with Crippen LogP contribution in [0.1, 0.15) is 30.0 Å². The Labute approximate surface area is 135 Å². The van der Waals surface area contributed by atoms with Crippen LogP contribution in [0.3, 0.4) is 0 Å². The van der Waals surface area contributed by atoms with Crippen molar-refractivity contribution in [2.24, 2.45) is 5.41 Å². The topological polar surface area (TPSA) is 48.1 Å². The maximum atomic E-state index is 4.41. The van der Waals surface area contributed by atoms with Crippen LogP contribution in [0.4, 0.5) is 0 Å². The van der Waals surface area contributed by atoms with Gasteiger partial charge >= 0.3 is 0 Å². The SMILES string of the molecule is CN(Cc1nccs1)C1CC12CCN(Cc1ccn[nH]1)CC2. The number of aromatic nitrogens is 3. The van der Waals surface area contributed by atoms with E-state index in [1.54, 1.807) is 11.3 Å². The van der Waals surface area contributed by atoms with Gasteiger partial charge in [-0.2, -0.15) is 5.10 Å². The van der Waals surface area contributed by atoms with Crippen molar-refractivity contribution >= 4 is 11.3 Å². The summed E-state index contributed by atoms with van der Waals surface area (Å²) in [5.41, 5.74) is 1.81. The second-order valence-corrected chi connectivity index (χ2v) is 7.76. The second kappa shape index (κ2) is 5.76. The van der Waals surface area contributed by atoms with Crippen molar-refractivity contribution in [2.45, 2.75) is 38.4 Å². The van der Waals surface area contributed by atoms with Crippen LogP contribution in [0.25, 0.3) is 0 Å². The van der Waals surface area contributed by atoms with Crippen LogP contribution in [0, 0.1) is 5.41 Å². The number of thiazole rings is 1. The van der Waals surface area contributed by atoms with Crippen molar-refractivity contribution in [3.63, 3.8) is 0 Å². The van der Waals surface area contributed by atoms with Crippen LogP contribution in [-0.2, 0) is 13.1 Å². The maximum Gasteiger partial charge on any atom is 0.107 e. The van der Waals surface area contributed by atoms with Crippen molar-refractivity contribution < 1.29 is 0 Å². The first kappa shape index (κ1) is 14.4. The molecule has 118 valence electrons. The molecule has 2 aliphatic rings. The molecule has 2 aromatic rings. The number of piperidine rings is 1. The molecule has 1 atom stereocenters. The van der Waals surface area contributed by atoms with Gasteiger partial charge in [0.1, 0.15) is 5.01 Å². The van der Waals surface area contributed by atoms with E-state index in [1.165, 1.54) is 43.1 Å². The minimum absolute atomic E-state index is 0.580. The fourth-order valence-corrected chi connectivity index (χ4v) is 4.59. The highest BCUT2D eigenvalue weighted by Gasteiger charge is 2.56. The summed E-state index contributed by atoms with van der Waals surface area (Å²) < 4.78 is 0. The van der Waals surface area contributed by atoms with E-state index in [0.717, 1.165) is 19.1 Å². The van der Waals surface area contributed by atoms with Crippen molar-refractivity contribution in [3.8, 4) is 0 Å². The van der Waals surface area contributed by atoms with Crippen LogP contribution in [0.15, 0.2) is 23.8 Å². The monoisotopic (exact) mass is 317 g/mol. The van der Waals surface area contributed by atoms with Crippen molar-refractivity contribution in [2.75, 3.05) is 20.1 Å². The van der Waals surface area contributed by atoms with E-state index >= 15 is 0 Å². The number of likely N-dealkylation sites (tertiary alicyclic amines) is 1. The largest absolute Gasteiger partial charge is 0.297 e. The molecule has 1 spiro atoms. The number of rotatable bonds is 5. The highest BCUT2D eigenvalue weighted by atomic mass is 32.1. The molecule has 1 N–H and O–H groups in total. The molecular formula is C16H23N5S. The molecule has 2 fully saturated rings. The van der Waals surface area contributed by atoms with E-state index in [0.29, 0.717) is 5.41 Å². The molecular weight excluding hydrogens is 294 g/mol. The molecule has 3 heterocycles. The Morgan fingerprint density at radius 2 is 2.27 bits per heavy atom. The number of nitrogens with zero attached hydrogens (tertiary/aromatic N) is 4. The summed E-state index contributed by atoms with van der Waals surface area (Å²) in [7, 11) is 2.26. The molecule has 0 bridgehead atoms. The number of aromatic amines is 1. The summed E-state index contributed by atoms with van der Waals surface area (Å²) in [4.78, 5) is 9.48. The molecule has 22 heavy (non-hydrogen) atoms. The third-order valence-corrected chi connectivity index (χ3v) is 6.12. The lowest BCUT2D eigenvalue weighted by Crippen LogP contribution is -2.37. The molecule has 0 radical (unpaired) electrons. The first-order valence-electron chi connectivity index (χ1n) is 8.04. The number of H-pyrrole nitrogens is 1. The van der Waals surface area contributed by atoms with Gasteiger partial charge < -0.3 is 0 Å². The Balaban J connectivity index is 1.29. The standard InChI is InChI=1S/C16H23N5S/c1-20(12-15-17-6-9-22-15)14-10-16(14)3-7-21(8-4-16)11-13-2-5-18-19-13/h2,5-6,9,14H,3-4,7-8,10-12H2,1H3,(H,18,19). The number of hydrogen-bond donors (Lipinski definition) is 1. The minimum atomic E-state index is 0.580. The average Bonchev–Trinajstić information content (AvgIpc) is 2.92. The van der Waals surface area contributed by atoms with Crippen LogP contribution in [-0.4, -0.2) is 51.2 Å². The van der Waals surface area contributed by atoms with Gasteiger partial charge in [-0.3, -0.25) is 14.9 Å². The summed E-state index contributed by atoms with van der Waals surface area (Å²) in [6.07, 6.45) is 7.77. The highest BCUT2D eigenvalue weighted by Crippen LogP contribution is 2.56. The normalized spacial score (nSPS) is 24.2. The fourth-order valence-electron chi connectivity index (χ4n) is 3.91. The molecule has 1 saturated heterocycles. The van der Waals surface area contributed by atoms with Crippen molar-refractivity contribution in [1.29, 1.82) is 0 Å². The molecule has 0 aromatic carbocycles. The van der Waals surface area contributed by atoms with Crippen molar-refractivity contribution in [1.82, 2.24) is 25.0 Å². The van der Waals surface area contributed by atoms with Gasteiger partial charge in [-0.1, -0.05) is 0 Å². The fraction of sp³-hybridized carbons (Fsp3) is 0.625. The molecule has 5 nitrogen and oxygen atoms in total. The van der Waals surface area contributed by atoms with Crippen molar-refractivity contribution in [3.05, 3.63) is 34.5 Å². The van der Waals surface area contributed by atoms with E-state index < -0.39 is 0 Å². The van der Waals surface area contributed by atoms with E-state index in [9.17, 15) is 0 Å². The predicted molar refractivity (Wildman–Crippen MR) is 87.5 cm³/mol. The van der Waals surface area contributed by atoms with Gasteiger partial charge in [0.15, 0.2) is 0 Å². The van der Waals surface area contributed by atoms with Crippen LogP contribution < -0.4 is 0 Å². The minimum Gasteiger partial charge on any atom is -0.297 e. The van der Waals surface area contributed by atoms with E-state index in [4.69, 9.17) is 0 Å². The first-order valence-corrected chi connectivity index (χ1v) is 8.92. The smallest absolute Gasteiger partial charge is 0.107 e. The van der Waals surface area contributed by atoms with E-state index in [-0.39, 0.29) is 0 Å². The second-order valence-electron chi connectivity index (χ2n) is 6.78. The molecule has 4 rings (SSSR count). The van der Waals surface area contributed by atoms with Gasteiger partial charge in [-0.25, -0.2) is 4.98 Å². The summed E-state index contributed by atoms with van der Waals surface area (Å²) in [5.74, 6) is 0. The summed E-state index contributed by atoms with van der Waals surface area (Å²) in [5, 5.41) is 10.4. The Morgan fingerprint density at radius 3 is 2.95 bits per heavy atom. The van der Waals surface area contributed by atoms with Gasteiger partial charge in [0.05, 0.1) is 6.54 Å². The molecule has 0 amide bonds. The number of nitrogens with one attached hydrogen (secondary N) is 1. The molecule has 2 aromatic heterocycles. The molecule has 1 aliphatic heterocycles. The lowest BCUT2D eigenvalue weighted by atomic mass is 9.92. The Morgan fingerprint density at radius 1 is 1.41 bits per heavy atom. The molecule has 1 saturated carbocycles. The predicted octanol–water partition coefficient (Wildman–Crippen LogP) is 2.35. The lowest BCUT2D eigenvalue weighted by Gasteiger charge is -2.33. The third kappa shape index (κ3) is 2.83. The van der Waals surface area contributed by atoms with Gasteiger partial charge in [0.25, 0.3) is 0 Å². The molecule has 6 heteroatoms. The van der Waals surface area contributed by atoms with Gasteiger partial charge in [0.2, 0.25) is 0 Å². The third-order valence-electron chi connectivity index (χ3n) is 5.35. The highest BCUT2D eigenvalue weighted by molar-refractivity contribution is 7.09. The zero-order chi connectivity index (χ0) is 15.0. The Bertz CT molecular complexity index is 586. The van der Waals surface area contributed by atoms with Gasteiger partial charge in [-0.15, -0.1) is 11.3 Å². The lowest BCUT2D eigenvalue weighted by molar-refractivity contribution is 0.138. The van der Waals surface area contributed by atoms with E-state index in [2.05, 4.69) is 43.5 Å². The number of hydrogen-bond acceptors (Lipinski definition) is 5. The van der Waals surface area contributed by atoms with Gasteiger partial charge in [-0.05, 0) is 50.9 Å². The molecule has 1 unspecified atom stereocenters. The Hall–Kier alpha value is -1.24. The van der Waals surface area contributed by atoms with Crippen LogP contribution in [0.5, 0.6) is 0 Å². The Kier molecular flexibility index (Phi) is 3.76. The summed E-state index contributed by atoms with van der Waals surface area (Å²) >= 11 is 1.76. The first-order chi connectivity index (χ1) is 10.8.